The fraction of sp³-hybridized carbons (Fsp3) is 0.238. The molecule has 112 valence electrons. The number of rotatable bonds is 2. The predicted octanol–water partition coefficient (Wildman–Crippen LogP) is 6.39. The van der Waals surface area contributed by atoms with Crippen molar-refractivity contribution in [1.82, 2.24) is 0 Å². The Kier molecular flexibility index (Phi) is 3.86. The lowest BCUT2D eigenvalue weighted by atomic mass is 9.75. The highest BCUT2D eigenvalue weighted by molar-refractivity contribution is 9.11. The van der Waals surface area contributed by atoms with E-state index in [9.17, 15) is 0 Å². The van der Waals surface area contributed by atoms with Gasteiger partial charge in [0.15, 0.2) is 0 Å². The van der Waals surface area contributed by atoms with Crippen LogP contribution in [0.3, 0.4) is 0 Å². The maximum Gasteiger partial charge on any atom is 0.0289 e. The van der Waals surface area contributed by atoms with Crippen LogP contribution in [0.2, 0.25) is 0 Å². The van der Waals surface area contributed by atoms with Gasteiger partial charge in [-0.15, -0.1) is 0 Å². The van der Waals surface area contributed by atoms with Crippen molar-refractivity contribution in [3.63, 3.8) is 0 Å². The van der Waals surface area contributed by atoms with Gasteiger partial charge in [-0.25, -0.2) is 0 Å². The summed E-state index contributed by atoms with van der Waals surface area (Å²) in [6.45, 7) is 12.6. The summed E-state index contributed by atoms with van der Waals surface area (Å²) in [5.74, 6) is 0. The first-order valence-corrected chi connectivity index (χ1v) is 8.46. The van der Waals surface area contributed by atoms with Crippen molar-refractivity contribution >= 4 is 22.0 Å². The quantitative estimate of drug-likeness (QED) is 0.578. The molecule has 0 radical (unpaired) electrons. The van der Waals surface area contributed by atoms with E-state index in [-0.39, 0.29) is 5.41 Å². The van der Waals surface area contributed by atoms with Gasteiger partial charge in [0.25, 0.3) is 0 Å². The van der Waals surface area contributed by atoms with Gasteiger partial charge in [0.2, 0.25) is 0 Å². The van der Waals surface area contributed by atoms with Gasteiger partial charge in [0, 0.05) is 9.90 Å². The molecule has 0 heterocycles. The molecule has 1 fully saturated rings. The third kappa shape index (κ3) is 2.28. The van der Waals surface area contributed by atoms with Gasteiger partial charge in [0.05, 0.1) is 0 Å². The fourth-order valence-corrected chi connectivity index (χ4v) is 3.99. The van der Waals surface area contributed by atoms with Crippen LogP contribution in [0.4, 0.5) is 0 Å². The molecule has 0 amide bonds. The molecule has 0 aromatic heterocycles. The molecule has 1 unspecified atom stereocenters. The zero-order valence-corrected chi connectivity index (χ0v) is 14.8. The fourth-order valence-electron chi connectivity index (χ4n) is 3.71. The Bertz CT molecular complexity index is 758. The highest BCUT2D eigenvalue weighted by atomic mass is 79.9. The molecule has 3 rings (SSSR count). The first-order valence-electron chi connectivity index (χ1n) is 7.66. The molecule has 1 heteroatoms. The summed E-state index contributed by atoms with van der Waals surface area (Å²) in [4.78, 5) is 0. The van der Waals surface area contributed by atoms with E-state index in [4.69, 9.17) is 0 Å². The minimum Gasteiger partial charge on any atom is -0.0988 e. The molecule has 1 saturated carbocycles. The zero-order chi connectivity index (χ0) is 15.9. The summed E-state index contributed by atoms with van der Waals surface area (Å²) in [5, 5.41) is 0. The van der Waals surface area contributed by atoms with Crippen LogP contribution < -0.4 is 0 Å². The van der Waals surface area contributed by atoms with Crippen LogP contribution in [0.15, 0.2) is 70.8 Å². The van der Waals surface area contributed by atoms with E-state index in [0.29, 0.717) is 0 Å². The Labute approximate surface area is 141 Å². The molecule has 1 aromatic rings. The molecule has 0 nitrogen and oxygen atoms in total. The Balaban J connectivity index is 2.13. The van der Waals surface area contributed by atoms with Gasteiger partial charge < -0.3 is 0 Å². The van der Waals surface area contributed by atoms with Crippen molar-refractivity contribution in [3.8, 4) is 0 Å². The molecule has 0 aliphatic heterocycles. The average Bonchev–Trinajstić information content (AvgIpc) is 2.97. The summed E-state index contributed by atoms with van der Waals surface area (Å²) >= 11 is 3.60. The normalized spacial score (nSPS) is 25.8. The summed E-state index contributed by atoms with van der Waals surface area (Å²) in [6, 6.07) is 6.75. The lowest BCUT2D eigenvalue weighted by Crippen LogP contribution is -2.21. The van der Waals surface area contributed by atoms with E-state index in [1.165, 1.54) is 33.4 Å². The van der Waals surface area contributed by atoms with E-state index in [0.717, 1.165) is 17.3 Å². The third-order valence-corrected chi connectivity index (χ3v) is 5.54. The number of hydrogen-bond acceptors (Lipinski definition) is 0. The summed E-state index contributed by atoms with van der Waals surface area (Å²) in [7, 11) is 0. The first-order chi connectivity index (χ1) is 10.5. The van der Waals surface area contributed by atoms with Crippen molar-refractivity contribution in [2.24, 2.45) is 0 Å². The van der Waals surface area contributed by atoms with Crippen molar-refractivity contribution < 1.29 is 0 Å². The molecule has 2 aliphatic rings. The lowest BCUT2D eigenvalue weighted by Gasteiger charge is -2.27. The number of fused-ring (bicyclic) bond motifs is 2. The lowest BCUT2D eigenvalue weighted by molar-refractivity contribution is 0.570. The highest BCUT2D eigenvalue weighted by Crippen LogP contribution is 2.56. The summed E-state index contributed by atoms with van der Waals surface area (Å²) < 4.78 is 1.12. The molecule has 0 bridgehead atoms. The number of hydrogen-bond donors (Lipinski definition) is 0. The summed E-state index contributed by atoms with van der Waals surface area (Å²) in [6.07, 6.45) is 10.6. The van der Waals surface area contributed by atoms with Crippen molar-refractivity contribution in [3.05, 3.63) is 87.5 Å². The van der Waals surface area contributed by atoms with Gasteiger partial charge in [-0.1, -0.05) is 76.7 Å². The Morgan fingerprint density at radius 2 is 2.09 bits per heavy atom. The molecule has 0 saturated heterocycles. The molecule has 1 aromatic carbocycles. The molecular formula is C21H21Br. The van der Waals surface area contributed by atoms with Gasteiger partial charge in [-0.05, 0) is 55.0 Å². The topological polar surface area (TPSA) is 0 Å². The second kappa shape index (κ2) is 5.55. The van der Waals surface area contributed by atoms with Gasteiger partial charge in [-0.2, -0.15) is 0 Å². The number of benzene rings is 1. The van der Waals surface area contributed by atoms with Crippen molar-refractivity contribution in [2.45, 2.75) is 32.1 Å². The predicted molar refractivity (Wildman–Crippen MR) is 100 cm³/mol. The van der Waals surface area contributed by atoms with Gasteiger partial charge in [-0.3, -0.25) is 0 Å². The molecule has 0 N–H and O–H groups in total. The van der Waals surface area contributed by atoms with Crippen LogP contribution in [0, 0.1) is 6.92 Å². The maximum atomic E-state index is 4.33. The molecule has 1 atom stereocenters. The number of halogens is 1. The SMILES string of the molecule is C=CC1=Cc2ccc(C)cc2C12CC(=C)/C(=C\C(Br)=C/C)C2. The van der Waals surface area contributed by atoms with Crippen molar-refractivity contribution in [1.29, 1.82) is 0 Å². The van der Waals surface area contributed by atoms with Crippen LogP contribution in [-0.4, -0.2) is 0 Å². The second-order valence-corrected chi connectivity index (χ2v) is 7.19. The minimum atomic E-state index is 0.0348. The van der Waals surface area contributed by atoms with E-state index in [1.807, 2.05) is 13.0 Å². The monoisotopic (exact) mass is 352 g/mol. The van der Waals surface area contributed by atoms with Crippen LogP contribution in [0.1, 0.15) is 36.5 Å². The molecular weight excluding hydrogens is 332 g/mol. The van der Waals surface area contributed by atoms with Crippen LogP contribution in [0.5, 0.6) is 0 Å². The van der Waals surface area contributed by atoms with Gasteiger partial charge in [0.1, 0.15) is 0 Å². The Morgan fingerprint density at radius 1 is 1.32 bits per heavy atom. The zero-order valence-electron chi connectivity index (χ0n) is 13.2. The van der Waals surface area contributed by atoms with Crippen molar-refractivity contribution in [2.75, 3.05) is 0 Å². The highest BCUT2D eigenvalue weighted by Gasteiger charge is 2.45. The number of allylic oxidation sites excluding steroid dienone is 7. The third-order valence-electron chi connectivity index (χ3n) is 4.86. The molecule has 2 aliphatic carbocycles. The Morgan fingerprint density at radius 3 is 2.77 bits per heavy atom. The largest absolute Gasteiger partial charge is 0.0988 e. The maximum absolute atomic E-state index is 4.33. The van der Waals surface area contributed by atoms with Gasteiger partial charge >= 0.3 is 0 Å². The smallest absolute Gasteiger partial charge is 0.0289 e. The van der Waals surface area contributed by atoms with Crippen LogP contribution >= 0.6 is 15.9 Å². The number of aryl methyl sites for hydroxylation is 1. The van der Waals surface area contributed by atoms with E-state index >= 15 is 0 Å². The second-order valence-electron chi connectivity index (χ2n) is 6.28. The Hall–Kier alpha value is -1.60. The standard InChI is InChI=1S/C21H21Br/c1-5-18-10-16-8-7-14(3)9-20(16)21(18)12-15(4)17(13-21)11-19(22)6-2/h5-11H,1,4,12-13H2,2-3H3/b17-11-,19-6+. The van der Waals surface area contributed by atoms with Crippen LogP contribution in [-0.2, 0) is 5.41 Å². The summed E-state index contributed by atoms with van der Waals surface area (Å²) in [5.41, 5.74) is 8.02. The van der Waals surface area contributed by atoms with E-state index in [2.05, 4.69) is 72.4 Å². The van der Waals surface area contributed by atoms with E-state index < -0.39 is 0 Å². The molecule has 22 heavy (non-hydrogen) atoms. The minimum absolute atomic E-state index is 0.0348. The van der Waals surface area contributed by atoms with E-state index in [1.54, 1.807) is 0 Å². The first kappa shape index (κ1) is 15.3. The van der Waals surface area contributed by atoms with Crippen LogP contribution in [0.25, 0.3) is 6.08 Å². The molecule has 1 spiro atoms. The average molecular weight is 353 g/mol.